The van der Waals surface area contributed by atoms with Gasteiger partial charge in [0, 0.05) is 25.2 Å². The molecule has 3 nitrogen and oxygen atoms in total. The van der Waals surface area contributed by atoms with E-state index in [-0.39, 0.29) is 0 Å². The molecule has 0 saturated carbocycles. The fraction of sp³-hybridized carbons (Fsp3) is 1.00. The molecule has 1 N–H and O–H groups in total. The van der Waals surface area contributed by atoms with Crippen molar-refractivity contribution in [1.29, 1.82) is 0 Å². The highest BCUT2D eigenvalue weighted by Gasteiger charge is 2.21. The molecule has 3 unspecified atom stereocenters. The van der Waals surface area contributed by atoms with Crippen LogP contribution in [0.1, 0.15) is 52.4 Å². The van der Waals surface area contributed by atoms with E-state index in [4.69, 9.17) is 4.74 Å². The topological polar surface area (TPSA) is 24.5 Å². The fourth-order valence-electron chi connectivity index (χ4n) is 3.14. The van der Waals surface area contributed by atoms with Crippen LogP contribution in [0.3, 0.4) is 0 Å². The van der Waals surface area contributed by atoms with Gasteiger partial charge in [0.25, 0.3) is 0 Å². The van der Waals surface area contributed by atoms with Gasteiger partial charge in [-0.25, -0.2) is 0 Å². The number of hydrogen-bond donors (Lipinski definition) is 1. The van der Waals surface area contributed by atoms with Crippen molar-refractivity contribution in [2.75, 3.05) is 26.2 Å². The van der Waals surface area contributed by atoms with Crippen molar-refractivity contribution in [3.63, 3.8) is 0 Å². The van der Waals surface area contributed by atoms with Gasteiger partial charge >= 0.3 is 0 Å². The van der Waals surface area contributed by atoms with Gasteiger partial charge in [0.2, 0.25) is 0 Å². The molecule has 2 aliphatic rings. The minimum Gasteiger partial charge on any atom is -0.377 e. The van der Waals surface area contributed by atoms with Crippen LogP contribution < -0.4 is 5.32 Å². The molecule has 2 saturated heterocycles. The molecule has 0 aromatic carbocycles. The normalized spacial score (nSPS) is 36.0. The van der Waals surface area contributed by atoms with Crippen molar-refractivity contribution in [3.8, 4) is 0 Å². The van der Waals surface area contributed by atoms with E-state index in [1.807, 2.05) is 0 Å². The summed E-state index contributed by atoms with van der Waals surface area (Å²) in [5, 5.41) is 3.73. The third-order valence-corrected chi connectivity index (χ3v) is 4.42. The molecule has 0 radical (unpaired) electrons. The van der Waals surface area contributed by atoms with Crippen molar-refractivity contribution in [1.82, 2.24) is 10.2 Å². The highest BCUT2D eigenvalue weighted by molar-refractivity contribution is 4.79. The van der Waals surface area contributed by atoms with Crippen LogP contribution in [0.15, 0.2) is 0 Å². The smallest absolute Gasteiger partial charge is 0.0702 e. The second kappa shape index (κ2) is 7.46. The summed E-state index contributed by atoms with van der Waals surface area (Å²) in [5.74, 6) is 0. The first-order valence-electron chi connectivity index (χ1n) is 7.88. The van der Waals surface area contributed by atoms with Crippen molar-refractivity contribution >= 4 is 0 Å². The maximum Gasteiger partial charge on any atom is 0.0702 e. The molecule has 0 aromatic rings. The average Bonchev–Trinajstić information content (AvgIpc) is 2.39. The molecule has 0 aromatic heterocycles. The third kappa shape index (κ3) is 4.52. The molecule has 0 amide bonds. The zero-order valence-corrected chi connectivity index (χ0v) is 12.2. The van der Waals surface area contributed by atoms with Crippen LogP contribution in [-0.4, -0.2) is 49.3 Å². The number of ether oxygens (including phenoxy) is 1. The summed E-state index contributed by atoms with van der Waals surface area (Å²) in [6.07, 6.45) is 8.18. The lowest BCUT2D eigenvalue weighted by Gasteiger charge is -2.34. The van der Waals surface area contributed by atoms with E-state index in [9.17, 15) is 0 Å². The summed E-state index contributed by atoms with van der Waals surface area (Å²) in [5.41, 5.74) is 0. The summed E-state index contributed by atoms with van der Waals surface area (Å²) in [6, 6.07) is 1.36. The van der Waals surface area contributed by atoms with Gasteiger partial charge in [-0.2, -0.15) is 0 Å². The fourth-order valence-corrected chi connectivity index (χ4v) is 3.14. The molecule has 2 rings (SSSR count). The predicted octanol–water partition coefficient (Wildman–Crippen LogP) is 2.41. The average molecular weight is 254 g/mol. The third-order valence-electron chi connectivity index (χ3n) is 4.42. The molecular weight excluding hydrogens is 224 g/mol. The first-order chi connectivity index (χ1) is 8.78. The highest BCUT2D eigenvalue weighted by Crippen LogP contribution is 2.16. The van der Waals surface area contributed by atoms with E-state index in [0.29, 0.717) is 18.2 Å². The molecule has 106 valence electrons. The first-order valence-corrected chi connectivity index (χ1v) is 7.88. The van der Waals surface area contributed by atoms with E-state index in [0.717, 1.165) is 13.2 Å². The number of nitrogens with one attached hydrogen (secondary N) is 1. The van der Waals surface area contributed by atoms with Crippen LogP contribution in [0, 0.1) is 0 Å². The molecule has 0 bridgehead atoms. The lowest BCUT2D eigenvalue weighted by molar-refractivity contribution is -0.00788. The maximum atomic E-state index is 5.88. The second-order valence-corrected chi connectivity index (χ2v) is 6.04. The molecule has 2 fully saturated rings. The van der Waals surface area contributed by atoms with E-state index in [1.165, 1.54) is 51.6 Å². The van der Waals surface area contributed by atoms with E-state index < -0.39 is 0 Å². The number of hydrogen-bond acceptors (Lipinski definition) is 3. The molecule has 18 heavy (non-hydrogen) atoms. The Labute approximate surface area is 112 Å². The Bertz CT molecular complexity index is 229. The standard InChI is InChI=1S/C15H30N2O/c1-3-14-8-10-17(9-7-13(2)16-14)12-15-6-4-5-11-18-15/h13-16H,3-12H2,1-2H3. The molecule has 0 spiro atoms. The van der Waals surface area contributed by atoms with Gasteiger partial charge in [0.05, 0.1) is 6.10 Å². The van der Waals surface area contributed by atoms with Crippen molar-refractivity contribution < 1.29 is 4.74 Å². The van der Waals surface area contributed by atoms with Crippen LogP contribution in [-0.2, 0) is 4.74 Å². The molecule has 3 atom stereocenters. The van der Waals surface area contributed by atoms with Gasteiger partial charge < -0.3 is 15.0 Å². The zero-order chi connectivity index (χ0) is 12.8. The van der Waals surface area contributed by atoms with Crippen LogP contribution in [0.4, 0.5) is 0 Å². The Hall–Kier alpha value is -0.120. The van der Waals surface area contributed by atoms with Crippen molar-refractivity contribution in [2.45, 2.75) is 70.6 Å². The zero-order valence-electron chi connectivity index (χ0n) is 12.2. The summed E-state index contributed by atoms with van der Waals surface area (Å²) >= 11 is 0. The van der Waals surface area contributed by atoms with Gasteiger partial charge in [-0.05, 0) is 58.5 Å². The predicted molar refractivity (Wildman–Crippen MR) is 75.9 cm³/mol. The quantitative estimate of drug-likeness (QED) is 0.837. The van der Waals surface area contributed by atoms with Gasteiger partial charge in [0.1, 0.15) is 0 Å². The highest BCUT2D eigenvalue weighted by atomic mass is 16.5. The van der Waals surface area contributed by atoms with Crippen molar-refractivity contribution in [2.24, 2.45) is 0 Å². The first kappa shape index (κ1) is 14.3. The van der Waals surface area contributed by atoms with E-state index >= 15 is 0 Å². The summed E-state index contributed by atoms with van der Waals surface area (Å²) < 4.78 is 5.88. The van der Waals surface area contributed by atoms with Crippen LogP contribution in [0.5, 0.6) is 0 Å². The Morgan fingerprint density at radius 3 is 2.72 bits per heavy atom. The van der Waals surface area contributed by atoms with Crippen LogP contribution in [0.2, 0.25) is 0 Å². The van der Waals surface area contributed by atoms with Crippen molar-refractivity contribution in [3.05, 3.63) is 0 Å². The van der Waals surface area contributed by atoms with Gasteiger partial charge in [-0.15, -0.1) is 0 Å². The number of rotatable bonds is 3. The molecular formula is C15H30N2O. The molecule has 2 aliphatic heterocycles. The molecule has 2 heterocycles. The van der Waals surface area contributed by atoms with Crippen LogP contribution in [0.25, 0.3) is 0 Å². The number of nitrogens with zero attached hydrogens (tertiary/aromatic N) is 1. The lowest BCUT2D eigenvalue weighted by Crippen LogP contribution is -2.46. The van der Waals surface area contributed by atoms with Crippen LogP contribution >= 0.6 is 0 Å². The Morgan fingerprint density at radius 1 is 1.17 bits per heavy atom. The molecule has 3 heteroatoms. The second-order valence-electron chi connectivity index (χ2n) is 6.04. The largest absolute Gasteiger partial charge is 0.377 e. The summed E-state index contributed by atoms with van der Waals surface area (Å²) in [7, 11) is 0. The minimum atomic E-state index is 0.501. The monoisotopic (exact) mass is 254 g/mol. The van der Waals surface area contributed by atoms with E-state index in [2.05, 4.69) is 24.1 Å². The lowest BCUT2D eigenvalue weighted by atomic mass is 10.0. The SMILES string of the molecule is CCC1CCN(CC2CCCCO2)CCC(C)N1. The van der Waals surface area contributed by atoms with E-state index in [1.54, 1.807) is 0 Å². The maximum absolute atomic E-state index is 5.88. The Kier molecular flexibility index (Phi) is 5.93. The summed E-state index contributed by atoms with van der Waals surface area (Å²) in [6.45, 7) is 9.21. The van der Waals surface area contributed by atoms with Gasteiger partial charge in [0.15, 0.2) is 0 Å². The summed E-state index contributed by atoms with van der Waals surface area (Å²) in [4.78, 5) is 2.63. The van der Waals surface area contributed by atoms with Gasteiger partial charge in [-0.3, -0.25) is 0 Å². The van der Waals surface area contributed by atoms with Gasteiger partial charge in [-0.1, -0.05) is 6.92 Å². The minimum absolute atomic E-state index is 0.501. The Balaban J connectivity index is 1.79. The Morgan fingerprint density at radius 2 is 2.00 bits per heavy atom. The molecule has 0 aliphatic carbocycles.